The van der Waals surface area contributed by atoms with E-state index < -0.39 is 0 Å². The molecule has 7 heteroatoms. The first-order valence-electron chi connectivity index (χ1n) is 8.48. The molecule has 2 amide bonds. The molecule has 3 N–H and O–H groups in total. The third-order valence-electron chi connectivity index (χ3n) is 4.44. The zero-order valence-electron chi connectivity index (χ0n) is 14.5. The van der Waals surface area contributed by atoms with Gasteiger partial charge in [0.2, 0.25) is 0 Å². The number of benzene rings is 2. The van der Waals surface area contributed by atoms with E-state index in [4.69, 9.17) is 4.74 Å². The van der Waals surface area contributed by atoms with E-state index in [0.29, 0.717) is 22.8 Å². The molecule has 0 fully saturated rings. The Morgan fingerprint density at radius 2 is 1.92 bits per heavy atom. The predicted octanol–water partition coefficient (Wildman–Crippen LogP) is 4.19. The molecule has 0 bridgehead atoms. The Hall–Kier alpha value is -2.80. The maximum atomic E-state index is 12.3. The van der Waals surface area contributed by atoms with Gasteiger partial charge < -0.3 is 20.4 Å². The highest BCUT2D eigenvalue weighted by molar-refractivity contribution is 7.16. The Balaban J connectivity index is 1.45. The van der Waals surface area contributed by atoms with Crippen molar-refractivity contribution in [2.45, 2.75) is 26.4 Å². The second kappa shape index (κ2) is 6.49. The molecule has 1 aliphatic heterocycles. The fourth-order valence-corrected chi connectivity index (χ4v) is 3.74. The standard InChI is InChI=1S/C19H19N3O3S/c1-10(2)15-7-11-3-4-13(9-16(11)25-15)21-18(23)20-12-5-6-17-14(8-12)22-19(24)26-17/h3-6,8-10,15H,7H2,1-2H3,(H,22,24)(H2,20,21,23). The van der Waals surface area contributed by atoms with Gasteiger partial charge in [0, 0.05) is 23.9 Å². The summed E-state index contributed by atoms with van der Waals surface area (Å²) in [5.41, 5.74) is 3.17. The average molecular weight is 369 g/mol. The lowest BCUT2D eigenvalue weighted by atomic mass is 10.0. The van der Waals surface area contributed by atoms with Crippen molar-refractivity contribution < 1.29 is 9.53 Å². The monoisotopic (exact) mass is 369 g/mol. The summed E-state index contributed by atoms with van der Waals surface area (Å²) in [6.45, 7) is 4.28. The van der Waals surface area contributed by atoms with Gasteiger partial charge in [-0.05, 0) is 35.7 Å². The van der Waals surface area contributed by atoms with Crippen molar-refractivity contribution in [1.29, 1.82) is 0 Å². The van der Waals surface area contributed by atoms with Crippen molar-refractivity contribution >= 4 is 39.0 Å². The fraction of sp³-hybridized carbons (Fsp3) is 0.263. The number of rotatable bonds is 3. The number of anilines is 2. The Labute approximate surface area is 154 Å². The number of urea groups is 1. The number of fused-ring (bicyclic) bond motifs is 2. The Morgan fingerprint density at radius 1 is 1.19 bits per heavy atom. The van der Waals surface area contributed by atoms with Crippen LogP contribution in [0, 0.1) is 5.92 Å². The molecule has 0 spiro atoms. The van der Waals surface area contributed by atoms with Crippen molar-refractivity contribution in [2.24, 2.45) is 5.92 Å². The normalized spacial score (nSPS) is 15.7. The van der Waals surface area contributed by atoms with Crippen LogP contribution in [0.4, 0.5) is 16.2 Å². The van der Waals surface area contributed by atoms with E-state index in [1.54, 1.807) is 12.1 Å². The lowest BCUT2D eigenvalue weighted by molar-refractivity contribution is 0.179. The van der Waals surface area contributed by atoms with Crippen LogP contribution in [0.5, 0.6) is 5.75 Å². The molecule has 0 radical (unpaired) electrons. The van der Waals surface area contributed by atoms with E-state index in [2.05, 4.69) is 29.5 Å². The molecule has 2 aromatic carbocycles. The van der Waals surface area contributed by atoms with Crippen LogP contribution in [0.2, 0.25) is 0 Å². The minimum atomic E-state index is -0.347. The molecule has 26 heavy (non-hydrogen) atoms. The number of carbonyl (C=O) groups excluding carboxylic acids is 1. The summed E-state index contributed by atoms with van der Waals surface area (Å²) < 4.78 is 6.81. The first-order chi connectivity index (χ1) is 12.5. The van der Waals surface area contributed by atoms with E-state index in [1.165, 1.54) is 5.56 Å². The van der Waals surface area contributed by atoms with Gasteiger partial charge >= 0.3 is 10.9 Å². The van der Waals surface area contributed by atoms with Crippen molar-refractivity contribution in [3.05, 3.63) is 51.6 Å². The summed E-state index contributed by atoms with van der Waals surface area (Å²) in [7, 11) is 0. The van der Waals surface area contributed by atoms with Crippen molar-refractivity contribution in [3.63, 3.8) is 0 Å². The molecule has 134 valence electrons. The van der Waals surface area contributed by atoms with Crippen LogP contribution in [-0.2, 0) is 6.42 Å². The van der Waals surface area contributed by atoms with Crippen LogP contribution in [-0.4, -0.2) is 17.1 Å². The number of carbonyl (C=O) groups is 1. The highest BCUT2D eigenvalue weighted by Crippen LogP contribution is 2.34. The van der Waals surface area contributed by atoms with Crippen molar-refractivity contribution in [2.75, 3.05) is 10.6 Å². The fourth-order valence-electron chi connectivity index (χ4n) is 3.03. The van der Waals surface area contributed by atoms with Gasteiger partial charge in [-0.15, -0.1) is 0 Å². The van der Waals surface area contributed by atoms with E-state index in [-0.39, 0.29) is 17.0 Å². The lowest BCUT2D eigenvalue weighted by Gasteiger charge is -2.14. The number of thiazole rings is 1. The summed E-state index contributed by atoms with van der Waals surface area (Å²) >= 11 is 1.14. The van der Waals surface area contributed by atoms with Crippen LogP contribution < -0.4 is 20.2 Å². The number of aromatic amines is 1. The predicted molar refractivity (Wildman–Crippen MR) is 104 cm³/mol. The summed E-state index contributed by atoms with van der Waals surface area (Å²) in [4.78, 5) is 26.3. The second-order valence-corrected chi connectivity index (χ2v) is 7.75. The van der Waals surface area contributed by atoms with Crippen LogP contribution >= 0.6 is 11.3 Å². The smallest absolute Gasteiger partial charge is 0.323 e. The van der Waals surface area contributed by atoms with E-state index in [9.17, 15) is 9.59 Å². The zero-order valence-corrected chi connectivity index (χ0v) is 15.3. The van der Waals surface area contributed by atoms with E-state index in [0.717, 1.165) is 28.2 Å². The Bertz CT molecular complexity index is 1040. The van der Waals surface area contributed by atoms with Crippen molar-refractivity contribution in [3.8, 4) is 5.75 Å². The number of aromatic nitrogens is 1. The minimum absolute atomic E-state index is 0.112. The quantitative estimate of drug-likeness (QED) is 0.647. The van der Waals surface area contributed by atoms with Crippen LogP contribution in [0.3, 0.4) is 0 Å². The van der Waals surface area contributed by atoms with Gasteiger partial charge in [-0.1, -0.05) is 31.3 Å². The number of amides is 2. The molecular weight excluding hydrogens is 350 g/mol. The maximum absolute atomic E-state index is 12.3. The van der Waals surface area contributed by atoms with Gasteiger partial charge in [0.15, 0.2) is 0 Å². The summed E-state index contributed by atoms with van der Waals surface area (Å²) in [6, 6.07) is 10.7. The van der Waals surface area contributed by atoms with Gasteiger partial charge in [-0.2, -0.15) is 0 Å². The third kappa shape index (κ3) is 3.30. The molecule has 0 saturated carbocycles. The van der Waals surface area contributed by atoms with E-state index in [1.807, 2.05) is 24.3 Å². The van der Waals surface area contributed by atoms with Gasteiger partial charge in [-0.3, -0.25) is 4.79 Å². The average Bonchev–Trinajstić information content (AvgIpc) is 3.16. The molecule has 1 unspecified atom stereocenters. The maximum Gasteiger partial charge on any atom is 0.323 e. The Morgan fingerprint density at radius 3 is 2.69 bits per heavy atom. The van der Waals surface area contributed by atoms with Gasteiger partial charge in [0.25, 0.3) is 0 Å². The summed E-state index contributed by atoms with van der Waals surface area (Å²) in [6.07, 6.45) is 1.09. The van der Waals surface area contributed by atoms with Gasteiger partial charge in [-0.25, -0.2) is 4.79 Å². The molecule has 3 aromatic rings. The number of nitrogens with one attached hydrogen (secondary N) is 3. The van der Waals surface area contributed by atoms with Gasteiger partial charge in [0.1, 0.15) is 11.9 Å². The lowest BCUT2D eigenvalue weighted by Crippen LogP contribution is -2.20. The Kier molecular flexibility index (Phi) is 4.16. The molecule has 6 nitrogen and oxygen atoms in total. The van der Waals surface area contributed by atoms with Crippen molar-refractivity contribution in [1.82, 2.24) is 4.98 Å². The molecule has 1 atom stereocenters. The molecule has 0 aliphatic carbocycles. The van der Waals surface area contributed by atoms with E-state index >= 15 is 0 Å². The minimum Gasteiger partial charge on any atom is -0.489 e. The SMILES string of the molecule is CC(C)C1Cc2ccc(NC(=O)Nc3ccc4sc(=O)[nH]c4c3)cc2O1. The molecule has 4 rings (SSSR count). The van der Waals surface area contributed by atoms with Crippen LogP contribution in [0.25, 0.3) is 10.2 Å². The summed E-state index contributed by atoms with van der Waals surface area (Å²) in [5.74, 6) is 1.28. The molecule has 2 heterocycles. The van der Waals surface area contributed by atoms with Crippen LogP contribution in [0.15, 0.2) is 41.2 Å². The molecule has 1 aliphatic rings. The zero-order chi connectivity index (χ0) is 18.3. The molecular formula is C19H19N3O3S. The number of hydrogen-bond donors (Lipinski definition) is 3. The largest absolute Gasteiger partial charge is 0.489 e. The van der Waals surface area contributed by atoms with Crippen LogP contribution in [0.1, 0.15) is 19.4 Å². The second-order valence-electron chi connectivity index (χ2n) is 6.73. The first-order valence-corrected chi connectivity index (χ1v) is 9.30. The highest BCUT2D eigenvalue weighted by Gasteiger charge is 2.25. The molecule has 1 aromatic heterocycles. The topological polar surface area (TPSA) is 83.2 Å². The third-order valence-corrected chi connectivity index (χ3v) is 5.31. The number of hydrogen-bond acceptors (Lipinski definition) is 4. The first kappa shape index (κ1) is 16.7. The van der Waals surface area contributed by atoms with Gasteiger partial charge in [0.05, 0.1) is 10.2 Å². The highest BCUT2D eigenvalue weighted by atomic mass is 32.1. The molecule has 0 saturated heterocycles. The summed E-state index contributed by atoms with van der Waals surface area (Å²) in [5, 5.41) is 5.60. The number of H-pyrrole nitrogens is 1. The number of ether oxygens (including phenoxy) is 1.